The number of carbonyl (C=O) groups is 1. The number of nitrogens with zero attached hydrogens (tertiary/aromatic N) is 1. The summed E-state index contributed by atoms with van der Waals surface area (Å²) in [6.07, 6.45) is -3.79. The molecule has 9 nitrogen and oxygen atoms in total. The quantitative estimate of drug-likeness (QED) is 0.426. The van der Waals surface area contributed by atoms with E-state index >= 15 is 0 Å². The number of sulfonamides is 1. The molecule has 1 aromatic heterocycles. The van der Waals surface area contributed by atoms with E-state index in [-0.39, 0.29) is 28.1 Å². The molecule has 0 saturated carbocycles. The minimum Gasteiger partial charge on any atom is -0.505 e. The average molecular weight is 575 g/mol. The summed E-state index contributed by atoms with van der Waals surface area (Å²) in [6, 6.07) is 6.72. The Balaban J connectivity index is 1.99. The highest BCUT2D eigenvalue weighted by atomic mass is 79.9. The number of fused-ring (bicyclic) bond motifs is 6. The summed E-state index contributed by atoms with van der Waals surface area (Å²) < 4.78 is 81.4. The fourth-order valence-electron chi connectivity index (χ4n) is 3.28. The van der Waals surface area contributed by atoms with Crippen molar-refractivity contribution in [2.24, 2.45) is 0 Å². The van der Waals surface area contributed by atoms with Crippen LogP contribution in [0.3, 0.4) is 0 Å². The van der Waals surface area contributed by atoms with Crippen LogP contribution in [0.5, 0.6) is 17.4 Å². The molecule has 0 amide bonds. The molecule has 4 bridgehead atoms. The standard InChI is InChI=1S/C21H14BrF3N2O7S/c1-32-18-7-12-9-33-20(29)11-4-14(22)19(28)17(6-11)35(30,31)27-15-5-10(13(12)8-26-18)2-3-16(15)34-21(23,24)25/h2-8,27-28H,9H2,1H3. The number of methoxy groups -OCH3 is 1. The maximum Gasteiger partial charge on any atom is 0.573 e. The summed E-state index contributed by atoms with van der Waals surface area (Å²) in [5, 5.41) is 10.3. The molecule has 14 heteroatoms. The van der Waals surface area contributed by atoms with Crippen LogP contribution >= 0.6 is 15.9 Å². The van der Waals surface area contributed by atoms with Crippen molar-refractivity contribution in [3.05, 3.63) is 58.2 Å². The van der Waals surface area contributed by atoms with Gasteiger partial charge in [0, 0.05) is 23.4 Å². The molecule has 1 aliphatic rings. The number of aromatic nitrogens is 1. The molecule has 0 saturated heterocycles. The Morgan fingerprint density at radius 3 is 2.60 bits per heavy atom. The lowest BCUT2D eigenvalue weighted by Crippen LogP contribution is -2.20. The van der Waals surface area contributed by atoms with Gasteiger partial charge in [-0.2, -0.15) is 0 Å². The van der Waals surface area contributed by atoms with Crippen LogP contribution in [0.4, 0.5) is 18.9 Å². The number of hydrogen-bond acceptors (Lipinski definition) is 8. The third-order valence-corrected chi connectivity index (χ3v) is 6.83. The Morgan fingerprint density at radius 2 is 1.91 bits per heavy atom. The van der Waals surface area contributed by atoms with E-state index in [1.165, 1.54) is 25.4 Å². The highest BCUT2D eigenvalue weighted by Gasteiger charge is 2.33. The number of aromatic hydroxyl groups is 1. The number of cyclic esters (lactones) is 1. The Kier molecular flexibility index (Phi) is 6.27. The Labute approximate surface area is 204 Å². The molecule has 0 radical (unpaired) electrons. The summed E-state index contributed by atoms with van der Waals surface area (Å²) in [5.74, 6) is -2.35. The Morgan fingerprint density at radius 1 is 1.17 bits per heavy atom. The van der Waals surface area contributed by atoms with E-state index in [1.54, 1.807) is 0 Å². The van der Waals surface area contributed by atoms with Crippen LogP contribution in [0.15, 0.2) is 52.0 Å². The maximum absolute atomic E-state index is 13.1. The van der Waals surface area contributed by atoms with Crippen molar-refractivity contribution in [2.45, 2.75) is 17.9 Å². The Hall–Kier alpha value is -3.52. The molecule has 184 valence electrons. The molecule has 4 rings (SSSR count). The van der Waals surface area contributed by atoms with Crippen LogP contribution in [0.1, 0.15) is 15.9 Å². The highest BCUT2D eigenvalue weighted by Crippen LogP contribution is 2.39. The summed E-state index contributed by atoms with van der Waals surface area (Å²) in [6.45, 7) is -0.308. The first-order chi connectivity index (χ1) is 16.4. The number of phenols is 1. The van der Waals surface area contributed by atoms with Crippen molar-refractivity contribution < 1.29 is 45.7 Å². The molecule has 0 fully saturated rings. The highest BCUT2D eigenvalue weighted by molar-refractivity contribution is 9.10. The van der Waals surface area contributed by atoms with Crippen LogP contribution in [-0.2, 0) is 21.4 Å². The monoisotopic (exact) mass is 574 g/mol. The molecule has 2 N–H and O–H groups in total. The summed E-state index contributed by atoms with van der Waals surface area (Å²) in [5.41, 5.74) is 0.118. The SMILES string of the molecule is COc1cc2c(cn1)-c1ccc(OC(F)(F)F)c(c1)NS(=O)(=O)c1cc(cc(Br)c1O)C(=O)OC2. The number of carbonyl (C=O) groups excluding carboxylic acids is 1. The smallest absolute Gasteiger partial charge is 0.505 e. The van der Waals surface area contributed by atoms with Gasteiger partial charge in [-0.1, -0.05) is 6.07 Å². The first-order valence-corrected chi connectivity index (χ1v) is 11.8. The largest absolute Gasteiger partial charge is 0.573 e. The summed E-state index contributed by atoms with van der Waals surface area (Å²) in [4.78, 5) is 16.0. The van der Waals surface area contributed by atoms with Crippen molar-refractivity contribution in [3.8, 4) is 28.5 Å². The van der Waals surface area contributed by atoms with Crippen LogP contribution in [-0.4, -0.2) is 37.9 Å². The average Bonchev–Trinajstić information content (AvgIpc) is 2.78. The molecule has 0 aliphatic carbocycles. The van der Waals surface area contributed by atoms with Gasteiger partial charge in [0.05, 0.1) is 22.8 Å². The number of alkyl halides is 3. The molecule has 2 aromatic carbocycles. The van der Waals surface area contributed by atoms with Crippen LogP contribution in [0.25, 0.3) is 11.1 Å². The zero-order valence-corrected chi connectivity index (χ0v) is 19.9. The first-order valence-electron chi connectivity index (χ1n) is 9.53. The lowest BCUT2D eigenvalue weighted by molar-refractivity contribution is -0.274. The molecule has 0 spiro atoms. The van der Waals surface area contributed by atoms with Crippen LogP contribution < -0.4 is 14.2 Å². The lowest BCUT2D eigenvalue weighted by Gasteiger charge is -2.17. The van der Waals surface area contributed by atoms with Crippen molar-refractivity contribution in [2.75, 3.05) is 11.8 Å². The molecule has 35 heavy (non-hydrogen) atoms. The zero-order chi connectivity index (χ0) is 25.5. The summed E-state index contributed by atoms with van der Waals surface area (Å²) >= 11 is 2.97. The Bertz CT molecular complexity index is 1450. The van der Waals surface area contributed by atoms with Gasteiger partial charge < -0.3 is 19.3 Å². The normalized spacial score (nSPS) is 14.8. The van der Waals surface area contributed by atoms with Gasteiger partial charge in [-0.15, -0.1) is 13.2 Å². The number of rotatable bonds is 2. The fraction of sp³-hybridized carbons (Fsp3) is 0.143. The minimum absolute atomic E-state index is 0.158. The van der Waals surface area contributed by atoms with E-state index in [9.17, 15) is 31.5 Å². The van der Waals surface area contributed by atoms with Crippen molar-refractivity contribution in [1.29, 1.82) is 0 Å². The lowest BCUT2D eigenvalue weighted by atomic mass is 10.0. The number of nitrogens with one attached hydrogen (secondary N) is 1. The van der Waals surface area contributed by atoms with E-state index < -0.39 is 44.4 Å². The van der Waals surface area contributed by atoms with Gasteiger partial charge >= 0.3 is 12.3 Å². The first kappa shape index (κ1) is 24.6. The minimum atomic E-state index is -5.12. The van der Waals surface area contributed by atoms with Gasteiger partial charge in [0.25, 0.3) is 10.0 Å². The van der Waals surface area contributed by atoms with Gasteiger partial charge in [0.15, 0.2) is 5.75 Å². The number of phenolic OH excluding ortho intramolecular Hbond substituents is 1. The number of anilines is 1. The van der Waals surface area contributed by atoms with Gasteiger partial charge in [0.2, 0.25) is 5.88 Å². The van der Waals surface area contributed by atoms with E-state index in [1.807, 2.05) is 4.72 Å². The molecule has 1 aliphatic heterocycles. The zero-order valence-electron chi connectivity index (χ0n) is 17.5. The predicted octanol–water partition coefficient (Wildman–Crippen LogP) is 4.60. The second-order valence-corrected chi connectivity index (χ2v) is 9.63. The molecular weight excluding hydrogens is 561 g/mol. The summed E-state index contributed by atoms with van der Waals surface area (Å²) in [7, 11) is -3.36. The third-order valence-electron chi connectivity index (χ3n) is 4.85. The van der Waals surface area contributed by atoms with Crippen molar-refractivity contribution >= 4 is 37.6 Å². The predicted molar refractivity (Wildman–Crippen MR) is 119 cm³/mol. The number of esters is 1. The van der Waals surface area contributed by atoms with Gasteiger partial charge in [-0.25, -0.2) is 18.2 Å². The van der Waals surface area contributed by atoms with Crippen molar-refractivity contribution in [1.82, 2.24) is 4.98 Å². The van der Waals surface area contributed by atoms with Crippen LogP contribution in [0.2, 0.25) is 0 Å². The maximum atomic E-state index is 13.1. The van der Waals surface area contributed by atoms with E-state index in [2.05, 4.69) is 25.7 Å². The fourth-order valence-corrected chi connectivity index (χ4v) is 5.08. The molecule has 0 atom stereocenters. The number of ether oxygens (including phenoxy) is 3. The second kappa shape index (κ2) is 8.92. The second-order valence-electron chi connectivity index (χ2n) is 7.13. The third kappa shape index (κ3) is 5.12. The van der Waals surface area contributed by atoms with Gasteiger partial charge in [0.1, 0.15) is 17.3 Å². The number of benzene rings is 2. The van der Waals surface area contributed by atoms with Crippen LogP contribution in [0, 0.1) is 0 Å². The molecule has 2 heterocycles. The number of halogens is 4. The van der Waals surface area contributed by atoms with E-state index in [0.717, 1.165) is 24.3 Å². The van der Waals surface area contributed by atoms with E-state index in [4.69, 9.17) is 9.47 Å². The number of hydrogen-bond donors (Lipinski definition) is 2. The molecule has 0 unspecified atom stereocenters. The van der Waals surface area contributed by atoms with Gasteiger partial charge in [-0.3, -0.25) is 4.72 Å². The molecule has 3 aromatic rings. The van der Waals surface area contributed by atoms with Crippen molar-refractivity contribution in [3.63, 3.8) is 0 Å². The van der Waals surface area contributed by atoms with E-state index in [0.29, 0.717) is 11.1 Å². The van der Waals surface area contributed by atoms with Gasteiger partial charge in [-0.05, 0) is 45.8 Å². The molecular formula is C21H14BrF3N2O7S. The topological polar surface area (TPSA) is 124 Å². The number of pyridine rings is 1.